The molecule has 0 radical (unpaired) electrons. The minimum atomic E-state index is -1.63. The number of carbonyl (C=O) groups excluding carboxylic acids is 4. The number of rotatable bonds is 3. The van der Waals surface area contributed by atoms with Crippen LogP contribution in [-0.2, 0) is 9.59 Å². The SMILES string of the molecule is O=C1[C@@H]2[C@@H]3CCCN3C3(C(=O)c4ccccc4C3=O)[C@H]2C(=O)N1c1ccc(Oc2ccccc2)cc1. The summed E-state index contributed by atoms with van der Waals surface area (Å²) in [7, 11) is 0. The van der Waals surface area contributed by atoms with E-state index in [0.29, 0.717) is 41.3 Å². The second kappa shape index (κ2) is 7.45. The lowest BCUT2D eigenvalue weighted by Crippen LogP contribution is -2.59. The van der Waals surface area contributed by atoms with Crippen LogP contribution in [-0.4, -0.2) is 46.4 Å². The first kappa shape index (κ1) is 21.2. The second-order valence-electron chi connectivity index (χ2n) is 9.80. The van der Waals surface area contributed by atoms with Crippen LogP contribution in [0.1, 0.15) is 33.6 Å². The summed E-state index contributed by atoms with van der Waals surface area (Å²) >= 11 is 0. The lowest BCUT2D eigenvalue weighted by Gasteiger charge is -2.35. The van der Waals surface area contributed by atoms with Crippen LogP contribution >= 0.6 is 0 Å². The molecule has 3 fully saturated rings. The number of amides is 2. The normalized spacial score (nSPS) is 26.0. The van der Waals surface area contributed by atoms with Crippen LogP contribution in [0.15, 0.2) is 78.9 Å². The number of ether oxygens (including phenoxy) is 1. The maximum atomic E-state index is 14.0. The number of nitrogens with zero attached hydrogens (tertiary/aromatic N) is 2. The fourth-order valence-corrected chi connectivity index (χ4v) is 6.78. The van der Waals surface area contributed by atoms with Gasteiger partial charge in [-0.2, -0.15) is 0 Å². The van der Waals surface area contributed by atoms with Gasteiger partial charge in [-0.3, -0.25) is 24.1 Å². The summed E-state index contributed by atoms with van der Waals surface area (Å²) in [5, 5.41) is 0. The van der Waals surface area contributed by atoms with Crippen molar-refractivity contribution in [3.63, 3.8) is 0 Å². The molecule has 3 atom stereocenters. The third-order valence-corrected chi connectivity index (χ3v) is 8.15. The molecule has 3 heterocycles. The van der Waals surface area contributed by atoms with Gasteiger partial charge in [0.2, 0.25) is 11.8 Å². The number of hydrogen-bond acceptors (Lipinski definition) is 6. The van der Waals surface area contributed by atoms with E-state index in [1.165, 1.54) is 4.90 Å². The number of benzene rings is 3. The fraction of sp³-hybridized carbons (Fsp3) is 0.241. The Morgan fingerprint density at radius 1 is 0.722 bits per heavy atom. The molecule has 3 aromatic carbocycles. The van der Waals surface area contributed by atoms with Crippen LogP contribution in [0.25, 0.3) is 0 Å². The third-order valence-electron chi connectivity index (χ3n) is 8.15. The Morgan fingerprint density at radius 3 is 2.00 bits per heavy atom. The summed E-state index contributed by atoms with van der Waals surface area (Å²) in [6.45, 7) is 0.523. The van der Waals surface area contributed by atoms with Gasteiger partial charge in [-0.15, -0.1) is 0 Å². The zero-order valence-electron chi connectivity index (χ0n) is 19.3. The van der Waals surface area contributed by atoms with Gasteiger partial charge in [0.25, 0.3) is 0 Å². The Hall–Kier alpha value is -4.10. The van der Waals surface area contributed by atoms with Gasteiger partial charge in [0.1, 0.15) is 11.5 Å². The zero-order chi connectivity index (χ0) is 24.6. The summed E-state index contributed by atoms with van der Waals surface area (Å²) in [4.78, 5) is 58.5. The molecule has 3 saturated heterocycles. The van der Waals surface area contributed by atoms with Crippen molar-refractivity contribution >= 4 is 29.1 Å². The van der Waals surface area contributed by atoms with Crippen molar-refractivity contribution < 1.29 is 23.9 Å². The molecule has 3 aromatic rings. The van der Waals surface area contributed by atoms with Crippen molar-refractivity contribution in [2.24, 2.45) is 11.8 Å². The van der Waals surface area contributed by atoms with Crippen LogP contribution in [0.2, 0.25) is 0 Å². The monoisotopic (exact) mass is 478 g/mol. The van der Waals surface area contributed by atoms with Crippen molar-refractivity contribution in [3.8, 4) is 11.5 Å². The lowest BCUT2D eigenvalue weighted by molar-refractivity contribution is -0.124. The summed E-state index contributed by atoms with van der Waals surface area (Å²) < 4.78 is 5.84. The number of imide groups is 1. The number of anilines is 1. The molecule has 4 aliphatic rings. The molecule has 7 rings (SSSR count). The molecule has 7 heteroatoms. The minimum absolute atomic E-state index is 0.306. The summed E-state index contributed by atoms with van der Waals surface area (Å²) in [6, 6.07) is 22.5. The van der Waals surface area contributed by atoms with Gasteiger partial charge >= 0.3 is 0 Å². The van der Waals surface area contributed by atoms with E-state index < -0.39 is 23.3 Å². The number of ketones is 2. The number of fused-ring (bicyclic) bond motifs is 6. The summed E-state index contributed by atoms with van der Waals surface area (Å²) in [6.07, 6.45) is 1.45. The zero-order valence-corrected chi connectivity index (χ0v) is 19.3. The van der Waals surface area contributed by atoms with E-state index in [1.54, 1.807) is 48.5 Å². The van der Waals surface area contributed by atoms with Crippen molar-refractivity contribution in [2.45, 2.75) is 24.4 Å². The topological polar surface area (TPSA) is 84.0 Å². The van der Waals surface area contributed by atoms with E-state index in [-0.39, 0.29) is 23.5 Å². The van der Waals surface area contributed by atoms with Crippen molar-refractivity contribution in [1.29, 1.82) is 0 Å². The van der Waals surface area contributed by atoms with E-state index in [9.17, 15) is 19.2 Å². The van der Waals surface area contributed by atoms with Gasteiger partial charge in [-0.05, 0) is 55.8 Å². The number of Topliss-reactive ketones (excluding diaryl/α,β-unsaturated/α-hetero) is 2. The van der Waals surface area contributed by atoms with Crippen LogP contribution in [0.4, 0.5) is 5.69 Å². The van der Waals surface area contributed by atoms with Crippen molar-refractivity contribution in [1.82, 2.24) is 4.90 Å². The molecule has 3 aliphatic heterocycles. The quantitative estimate of drug-likeness (QED) is 0.420. The van der Waals surface area contributed by atoms with E-state index in [2.05, 4.69) is 0 Å². The molecule has 0 N–H and O–H groups in total. The molecule has 0 aromatic heterocycles. The van der Waals surface area contributed by atoms with Gasteiger partial charge in [0.05, 0.1) is 17.5 Å². The lowest BCUT2D eigenvalue weighted by atomic mass is 9.76. The van der Waals surface area contributed by atoms with Crippen LogP contribution in [0.3, 0.4) is 0 Å². The van der Waals surface area contributed by atoms with Crippen molar-refractivity contribution in [3.05, 3.63) is 90.0 Å². The average Bonchev–Trinajstić information content (AvgIpc) is 3.60. The smallest absolute Gasteiger partial charge is 0.240 e. The first-order valence-corrected chi connectivity index (χ1v) is 12.2. The van der Waals surface area contributed by atoms with Crippen LogP contribution < -0.4 is 9.64 Å². The molecule has 1 aliphatic carbocycles. The largest absolute Gasteiger partial charge is 0.457 e. The minimum Gasteiger partial charge on any atom is -0.457 e. The van der Waals surface area contributed by atoms with E-state index in [0.717, 1.165) is 6.42 Å². The molecular weight excluding hydrogens is 456 g/mol. The number of carbonyl (C=O) groups is 4. The third kappa shape index (κ3) is 2.55. The summed E-state index contributed by atoms with van der Waals surface area (Å²) in [5.74, 6) is -2.02. The fourth-order valence-electron chi connectivity index (χ4n) is 6.78. The molecule has 1 spiro atoms. The van der Waals surface area contributed by atoms with Crippen LogP contribution in [0.5, 0.6) is 11.5 Å². The molecule has 178 valence electrons. The van der Waals surface area contributed by atoms with Gasteiger partial charge < -0.3 is 4.74 Å². The Morgan fingerprint density at radius 2 is 1.33 bits per heavy atom. The first-order chi connectivity index (χ1) is 17.5. The number of hydrogen-bond donors (Lipinski definition) is 0. The molecule has 0 saturated carbocycles. The van der Waals surface area contributed by atoms with E-state index >= 15 is 0 Å². The van der Waals surface area contributed by atoms with Crippen LogP contribution in [0, 0.1) is 11.8 Å². The number of para-hydroxylation sites is 1. The Kier molecular flexibility index (Phi) is 4.39. The predicted molar refractivity (Wildman–Crippen MR) is 130 cm³/mol. The summed E-state index contributed by atoms with van der Waals surface area (Å²) in [5.41, 5.74) is -0.535. The highest BCUT2D eigenvalue weighted by Gasteiger charge is 2.76. The van der Waals surface area contributed by atoms with Crippen molar-refractivity contribution in [2.75, 3.05) is 11.4 Å². The highest BCUT2D eigenvalue weighted by Crippen LogP contribution is 2.57. The molecule has 0 unspecified atom stereocenters. The highest BCUT2D eigenvalue weighted by atomic mass is 16.5. The van der Waals surface area contributed by atoms with Gasteiger partial charge in [0.15, 0.2) is 17.1 Å². The standard InChI is InChI=1S/C29H22N2O5/c32-25-20-9-4-5-10-21(20)26(33)29(25)24-23(22-11-6-16-30(22)29)27(34)31(28(24)35)17-12-14-19(15-13-17)36-18-7-2-1-3-8-18/h1-5,7-10,12-15,22-24H,6,11,16H2/t22-,23+,24+/m0/s1. The second-order valence-corrected chi connectivity index (χ2v) is 9.80. The van der Waals surface area contributed by atoms with E-state index in [4.69, 9.17) is 4.74 Å². The van der Waals surface area contributed by atoms with E-state index in [1.807, 2.05) is 35.2 Å². The van der Waals surface area contributed by atoms with Gasteiger partial charge in [0, 0.05) is 17.2 Å². The molecule has 36 heavy (non-hydrogen) atoms. The highest BCUT2D eigenvalue weighted by molar-refractivity contribution is 6.37. The molecule has 2 amide bonds. The average molecular weight is 479 g/mol. The predicted octanol–water partition coefficient (Wildman–Crippen LogP) is 3.88. The molecule has 7 nitrogen and oxygen atoms in total. The molecule has 0 bridgehead atoms. The van der Waals surface area contributed by atoms with Gasteiger partial charge in [-0.1, -0.05) is 42.5 Å². The Bertz CT molecular complexity index is 1410. The Labute approximate surface area is 207 Å². The van der Waals surface area contributed by atoms with Gasteiger partial charge in [-0.25, -0.2) is 4.90 Å². The maximum Gasteiger partial charge on any atom is 0.240 e. The maximum absolute atomic E-state index is 14.0. The first-order valence-electron chi connectivity index (χ1n) is 12.2. The molecular formula is C29H22N2O5. The Balaban J connectivity index is 1.27.